The first-order valence-electron chi connectivity index (χ1n) is 6.74. The molecular weight excluding hydrogens is 290 g/mol. The van der Waals surface area contributed by atoms with Crippen LogP contribution in [0.3, 0.4) is 0 Å². The molecule has 1 unspecified atom stereocenters. The summed E-state index contributed by atoms with van der Waals surface area (Å²) in [6.45, 7) is 5.85. The Labute approximate surface area is 129 Å². The van der Waals surface area contributed by atoms with E-state index in [-0.39, 0.29) is 0 Å². The summed E-state index contributed by atoms with van der Waals surface area (Å²) in [5.41, 5.74) is 0.913. The van der Waals surface area contributed by atoms with Crippen molar-refractivity contribution in [3.05, 3.63) is 45.2 Å². The third kappa shape index (κ3) is 3.72. The Morgan fingerprint density at radius 3 is 2.85 bits per heavy atom. The second kappa shape index (κ2) is 7.07. The van der Waals surface area contributed by atoms with E-state index in [1.54, 1.807) is 11.3 Å². The number of rotatable bonds is 6. The van der Waals surface area contributed by atoms with Gasteiger partial charge in [-0.3, -0.25) is 4.90 Å². The Morgan fingerprint density at radius 2 is 2.20 bits per heavy atom. The van der Waals surface area contributed by atoms with Gasteiger partial charge in [-0.05, 0) is 44.5 Å². The molecule has 5 heteroatoms. The van der Waals surface area contributed by atoms with E-state index >= 15 is 0 Å². The number of halogens is 1. The van der Waals surface area contributed by atoms with Gasteiger partial charge in [0.25, 0.3) is 0 Å². The van der Waals surface area contributed by atoms with Gasteiger partial charge in [0.1, 0.15) is 5.82 Å². The molecular formula is C15H20ClN3S. The van der Waals surface area contributed by atoms with E-state index in [0.29, 0.717) is 6.04 Å². The Kier molecular flexibility index (Phi) is 5.40. The molecule has 20 heavy (non-hydrogen) atoms. The lowest BCUT2D eigenvalue weighted by atomic mass is 10.2. The molecule has 108 valence electrons. The van der Waals surface area contributed by atoms with Crippen molar-refractivity contribution in [2.45, 2.75) is 26.4 Å². The van der Waals surface area contributed by atoms with Crippen LogP contribution in [0, 0.1) is 0 Å². The highest BCUT2D eigenvalue weighted by atomic mass is 35.5. The van der Waals surface area contributed by atoms with E-state index < -0.39 is 0 Å². The normalized spacial score (nSPS) is 12.7. The summed E-state index contributed by atoms with van der Waals surface area (Å²) in [5.74, 6) is 0.879. The molecule has 0 bridgehead atoms. The Balaban J connectivity index is 2.10. The number of thiophene rings is 1. The van der Waals surface area contributed by atoms with Crippen molar-refractivity contribution >= 4 is 28.8 Å². The first-order valence-corrected chi connectivity index (χ1v) is 8.00. The lowest BCUT2D eigenvalue weighted by Gasteiger charge is -2.24. The maximum Gasteiger partial charge on any atom is 0.126 e. The third-order valence-corrected chi connectivity index (χ3v) is 4.68. The number of pyridine rings is 1. The maximum absolute atomic E-state index is 6.26. The van der Waals surface area contributed by atoms with E-state index in [2.05, 4.69) is 53.6 Å². The van der Waals surface area contributed by atoms with Crippen molar-refractivity contribution < 1.29 is 0 Å². The van der Waals surface area contributed by atoms with Gasteiger partial charge < -0.3 is 5.32 Å². The van der Waals surface area contributed by atoms with Crippen LogP contribution >= 0.6 is 22.9 Å². The van der Waals surface area contributed by atoms with Gasteiger partial charge in [0.2, 0.25) is 0 Å². The molecule has 0 radical (unpaired) electrons. The summed E-state index contributed by atoms with van der Waals surface area (Å²) in [7, 11) is 2.10. The molecule has 1 N–H and O–H groups in total. The molecule has 2 aromatic heterocycles. The van der Waals surface area contributed by atoms with Crippen LogP contribution in [-0.2, 0) is 6.54 Å². The second-order valence-electron chi connectivity index (χ2n) is 4.76. The van der Waals surface area contributed by atoms with Crippen LogP contribution in [-0.4, -0.2) is 23.5 Å². The smallest absolute Gasteiger partial charge is 0.126 e. The highest BCUT2D eigenvalue weighted by Gasteiger charge is 2.15. The van der Waals surface area contributed by atoms with Gasteiger partial charge in [0, 0.05) is 24.0 Å². The van der Waals surface area contributed by atoms with Crippen LogP contribution in [0.15, 0.2) is 29.6 Å². The number of aromatic nitrogens is 1. The maximum atomic E-state index is 6.26. The summed E-state index contributed by atoms with van der Waals surface area (Å²) in [4.78, 5) is 8.20. The molecule has 2 aromatic rings. The van der Waals surface area contributed by atoms with E-state index in [1.807, 2.05) is 12.1 Å². The molecule has 0 saturated carbocycles. The fourth-order valence-electron chi connectivity index (χ4n) is 1.99. The topological polar surface area (TPSA) is 28.2 Å². The molecule has 1 atom stereocenters. The predicted molar refractivity (Wildman–Crippen MR) is 87.6 cm³/mol. The molecule has 2 rings (SSSR count). The monoisotopic (exact) mass is 309 g/mol. The van der Waals surface area contributed by atoms with Crippen molar-refractivity contribution in [2.75, 3.05) is 18.9 Å². The largest absolute Gasteiger partial charge is 0.370 e. The van der Waals surface area contributed by atoms with Gasteiger partial charge in [-0.15, -0.1) is 11.3 Å². The van der Waals surface area contributed by atoms with Gasteiger partial charge in [0.05, 0.1) is 10.7 Å². The zero-order valence-electron chi connectivity index (χ0n) is 12.1. The summed E-state index contributed by atoms with van der Waals surface area (Å²) in [6, 6.07) is 8.43. The Hall–Kier alpha value is -1.10. The highest BCUT2D eigenvalue weighted by molar-refractivity contribution is 7.10. The molecule has 0 aliphatic heterocycles. The first-order chi connectivity index (χ1) is 9.61. The second-order valence-corrected chi connectivity index (χ2v) is 6.15. The average Bonchev–Trinajstić information content (AvgIpc) is 2.96. The standard InChI is InChI=1S/C15H20ClN3S/c1-4-17-15-8-7-12(16)13(18-15)10-19(3)11(2)14-6-5-9-20-14/h5-9,11H,4,10H2,1-3H3,(H,17,18). The molecule has 0 fully saturated rings. The Bertz CT molecular complexity index is 542. The average molecular weight is 310 g/mol. The lowest BCUT2D eigenvalue weighted by Crippen LogP contribution is -2.22. The van der Waals surface area contributed by atoms with E-state index in [9.17, 15) is 0 Å². The molecule has 0 aliphatic rings. The van der Waals surface area contributed by atoms with Gasteiger partial charge in [-0.25, -0.2) is 4.98 Å². The van der Waals surface area contributed by atoms with Gasteiger partial charge in [0.15, 0.2) is 0 Å². The van der Waals surface area contributed by atoms with E-state index in [0.717, 1.165) is 29.6 Å². The van der Waals surface area contributed by atoms with Crippen LogP contribution in [0.2, 0.25) is 5.02 Å². The summed E-state index contributed by atoms with van der Waals surface area (Å²) >= 11 is 8.03. The highest BCUT2D eigenvalue weighted by Crippen LogP contribution is 2.26. The number of nitrogens with zero attached hydrogens (tertiary/aromatic N) is 2. The molecule has 0 aromatic carbocycles. The van der Waals surface area contributed by atoms with Crippen molar-refractivity contribution in [3.63, 3.8) is 0 Å². The van der Waals surface area contributed by atoms with Gasteiger partial charge in [-0.2, -0.15) is 0 Å². The fraction of sp³-hybridized carbons (Fsp3) is 0.400. The molecule has 0 aliphatic carbocycles. The molecule has 3 nitrogen and oxygen atoms in total. The predicted octanol–water partition coefficient (Wildman–Crippen LogP) is 4.42. The molecule has 0 spiro atoms. The minimum atomic E-state index is 0.357. The van der Waals surface area contributed by atoms with Crippen LogP contribution in [0.25, 0.3) is 0 Å². The van der Waals surface area contributed by atoms with E-state index in [4.69, 9.17) is 11.6 Å². The number of hydrogen-bond donors (Lipinski definition) is 1. The SMILES string of the molecule is CCNc1ccc(Cl)c(CN(C)C(C)c2cccs2)n1. The first kappa shape index (κ1) is 15.3. The fourth-order valence-corrected chi connectivity index (χ4v) is 3.01. The van der Waals surface area contributed by atoms with Gasteiger partial charge >= 0.3 is 0 Å². The summed E-state index contributed by atoms with van der Waals surface area (Å²) < 4.78 is 0. The van der Waals surface area contributed by atoms with Crippen LogP contribution in [0.4, 0.5) is 5.82 Å². The summed E-state index contributed by atoms with van der Waals surface area (Å²) in [6.07, 6.45) is 0. The lowest BCUT2D eigenvalue weighted by molar-refractivity contribution is 0.253. The minimum Gasteiger partial charge on any atom is -0.370 e. The van der Waals surface area contributed by atoms with Gasteiger partial charge in [-0.1, -0.05) is 17.7 Å². The third-order valence-electron chi connectivity index (χ3n) is 3.29. The van der Waals surface area contributed by atoms with E-state index in [1.165, 1.54) is 4.88 Å². The molecule has 0 saturated heterocycles. The number of anilines is 1. The van der Waals surface area contributed by atoms with Crippen LogP contribution in [0.1, 0.15) is 30.5 Å². The summed E-state index contributed by atoms with van der Waals surface area (Å²) in [5, 5.41) is 6.05. The van der Waals surface area contributed by atoms with Crippen LogP contribution in [0.5, 0.6) is 0 Å². The van der Waals surface area contributed by atoms with Crippen molar-refractivity contribution in [1.82, 2.24) is 9.88 Å². The minimum absolute atomic E-state index is 0.357. The number of nitrogens with one attached hydrogen (secondary N) is 1. The van der Waals surface area contributed by atoms with Crippen molar-refractivity contribution in [2.24, 2.45) is 0 Å². The molecule has 0 amide bonds. The van der Waals surface area contributed by atoms with Crippen molar-refractivity contribution in [1.29, 1.82) is 0 Å². The molecule has 2 heterocycles. The van der Waals surface area contributed by atoms with Crippen molar-refractivity contribution in [3.8, 4) is 0 Å². The quantitative estimate of drug-likeness (QED) is 0.856. The Morgan fingerprint density at radius 1 is 1.40 bits per heavy atom. The zero-order valence-corrected chi connectivity index (χ0v) is 13.6. The van der Waals surface area contributed by atoms with Crippen LogP contribution < -0.4 is 5.32 Å². The zero-order chi connectivity index (χ0) is 14.5. The number of hydrogen-bond acceptors (Lipinski definition) is 4.